The predicted octanol–water partition coefficient (Wildman–Crippen LogP) is 2.70. The average Bonchev–Trinajstić information content (AvgIpc) is 2.37. The Balaban J connectivity index is 2.90. The summed E-state index contributed by atoms with van der Waals surface area (Å²) in [6, 6.07) is 1.95. The van der Waals surface area contributed by atoms with E-state index in [0.29, 0.717) is 0 Å². The molecule has 0 atom stereocenters. The monoisotopic (exact) mass is 122 g/mol. The fraction of sp³-hybridized carbons (Fsp3) is 0.250. The van der Waals surface area contributed by atoms with E-state index in [1.54, 1.807) is 12.5 Å². The summed E-state index contributed by atoms with van der Waals surface area (Å²) >= 11 is 0. The Bertz CT molecular complexity index is 194. The van der Waals surface area contributed by atoms with Gasteiger partial charge in [-0.3, -0.25) is 0 Å². The van der Waals surface area contributed by atoms with Gasteiger partial charge in [-0.05, 0) is 25.5 Å². The molecule has 0 radical (unpaired) electrons. The fourth-order valence-electron chi connectivity index (χ4n) is 0.656. The van der Waals surface area contributed by atoms with Gasteiger partial charge in [-0.2, -0.15) is 0 Å². The number of furan rings is 1. The molecule has 1 aromatic rings. The van der Waals surface area contributed by atoms with Crippen LogP contribution >= 0.6 is 0 Å². The third kappa shape index (κ3) is 1.22. The van der Waals surface area contributed by atoms with Crippen LogP contribution in [-0.2, 0) is 0 Å². The first-order valence-electron chi connectivity index (χ1n) is 3.00. The summed E-state index contributed by atoms with van der Waals surface area (Å²) in [6.45, 7) is 4.08. The first-order valence-corrected chi connectivity index (χ1v) is 3.00. The van der Waals surface area contributed by atoms with Crippen LogP contribution in [0.5, 0.6) is 0 Å². The predicted molar refractivity (Wildman–Crippen MR) is 38.0 cm³/mol. The maximum atomic E-state index is 4.90. The minimum atomic E-state index is 1.16. The van der Waals surface area contributed by atoms with Crippen molar-refractivity contribution in [1.82, 2.24) is 0 Å². The molecule has 1 heteroatoms. The van der Waals surface area contributed by atoms with E-state index in [9.17, 15) is 0 Å². The highest BCUT2D eigenvalue weighted by atomic mass is 16.3. The van der Waals surface area contributed by atoms with Crippen LogP contribution < -0.4 is 0 Å². The Kier molecular flexibility index (Phi) is 1.73. The van der Waals surface area contributed by atoms with E-state index in [-0.39, 0.29) is 0 Å². The van der Waals surface area contributed by atoms with Crippen molar-refractivity contribution in [3.05, 3.63) is 30.2 Å². The molecular weight excluding hydrogens is 112 g/mol. The Morgan fingerprint density at radius 3 is 2.89 bits per heavy atom. The molecule has 0 fully saturated rings. The van der Waals surface area contributed by atoms with E-state index in [1.807, 2.05) is 13.0 Å². The van der Waals surface area contributed by atoms with E-state index < -0.39 is 0 Å². The lowest BCUT2D eigenvalue weighted by molar-refractivity contribution is 0.566. The van der Waals surface area contributed by atoms with Gasteiger partial charge in [0.05, 0.1) is 12.5 Å². The Morgan fingerprint density at radius 1 is 1.67 bits per heavy atom. The van der Waals surface area contributed by atoms with Gasteiger partial charge in [0, 0.05) is 5.56 Å². The van der Waals surface area contributed by atoms with Crippen molar-refractivity contribution in [3.8, 4) is 0 Å². The van der Waals surface area contributed by atoms with E-state index >= 15 is 0 Å². The van der Waals surface area contributed by atoms with E-state index in [0.717, 1.165) is 5.56 Å². The third-order valence-electron chi connectivity index (χ3n) is 1.41. The van der Waals surface area contributed by atoms with Gasteiger partial charge >= 0.3 is 0 Å². The zero-order chi connectivity index (χ0) is 6.69. The van der Waals surface area contributed by atoms with Crippen LogP contribution in [0.25, 0.3) is 5.57 Å². The van der Waals surface area contributed by atoms with Gasteiger partial charge in [0.2, 0.25) is 0 Å². The average molecular weight is 122 g/mol. The summed E-state index contributed by atoms with van der Waals surface area (Å²) < 4.78 is 4.90. The molecule has 1 rings (SSSR count). The largest absolute Gasteiger partial charge is 0.472 e. The molecule has 1 aromatic heterocycles. The number of hydrogen-bond acceptors (Lipinski definition) is 1. The molecule has 0 amide bonds. The highest BCUT2D eigenvalue weighted by molar-refractivity contribution is 5.61. The summed E-state index contributed by atoms with van der Waals surface area (Å²) in [5.74, 6) is 0. The maximum absolute atomic E-state index is 4.90. The summed E-state index contributed by atoms with van der Waals surface area (Å²) in [6.07, 6.45) is 5.49. The molecule has 0 unspecified atom stereocenters. The molecule has 0 spiro atoms. The van der Waals surface area contributed by atoms with Crippen LogP contribution in [0.4, 0.5) is 0 Å². The van der Waals surface area contributed by atoms with Crippen molar-refractivity contribution >= 4 is 5.57 Å². The molecule has 0 aliphatic heterocycles. The fourth-order valence-corrected chi connectivity index (χ4v) is 0.656. The quantitative estimate of drug-likeness (QED) is 0.558. The van der Waals surface area contributed by atoms with Gasteiger partial charge in [-0.25, -0.2) is 0 Å². The van der Waals surface area contributed by atoms with Crippen molar-refractivity contribution < 1.29 is 4.42 Å². The van der Waals surface area contributed by atoms with Crippen LogP contribution in [0.3, 0.4) is 0 Å². The summed E-state index contributed by atoms with van der Waals surface area (Å²) in [5, 5.41) is 0. The topological polar surface area (TPSA) is 13.1 Å². The van der Waals surface area contributed by atoms with E-state index in [4.69, 9.17) is 4.42 Å². The highest BCUT2D eigenvalue weighted by Crippen LogP contribution is 2.12. The second-order valence-electron chi connectivity index (χ2n) is 1.98. The molecule has 0 aromatic carbocycles. The summed E-state index contributed by atoms with van der Waals surface area (Å²) in [5.41, 5.74) is 2.42. The van der Waals surface area contributed by atoms with Crippen LogP contribution in [0.15, 0.2) is 29.1 Å². The molecule has 0 saturated carbocycles. The lowest BCUT2D eigenvalue weighted by Crippen LogP contribution is -1.68. The second kappa shape index (κ2) is 2.53. The standard InChI is InChI=1S/C8H10O/c1-3-7(2)8-4-5-9-6-8/h3-6H,1-2H3. The van der Waals surface area contributed by atoms with Crippen molar-refractivity contribution in [1.29, 1.82) is 0 Å². The molecule has 1 heterocycles. The van der Waals surface area contributed by atoms with Crippen LogP contribution in [0.2, 0.25) is 0 Å². The van der Waals surface area contributed by atoms with Crippen molar-refractivity contribution in [2.75, 3.05) is 0 Å². The van der Waals surface area contributed by atoms with E-state index in [2.05, 4.69) is 13.0 Å². The van der Waals surface area contributed by atoms with Crippen molar-refractivity contribution in [3.63, 3.8) is 0 Å². The van der Waals surface area contributed by atoms with Crippen LogP contribution in [0, 0.1) is 0 Å². The maximum Gasteiger partial charge on any atom is 0.0977 e. The van der Waals surface area contributed by atoms with Gasteiger partial charge in [0.15, 0.2) is 0 Å². The lowest BCUT2D eigenvalue weighted by atomic mass is 10.2. The summed E-state index contributed by atoms with van der Waals surface area (Å²) in [4.78, 5) is 0. The molecular formula is C8H10O. The Morgan fingerprint density at radius 2 is 2.44 bits per heavy atom. The lowest BCUT2D eigenvalue weighted by Gasteiger charge is -1.89. The van der Waals surface area contributed by atoms with E-state index in [1.165, 1.54) is 5.57 Å². The van der Waals surface area contributed by atoms with Gasteiger partial charge < -0.3 is 4.42 Å². The molecule has 1 nitrogen and oxygen atoms in total. The van der Waals surface area contributed by atoms with Crippen molar-refractivity contribution in [2.24, 2.45) is 0 Å². The molecule has 0 aliphatic rings. The van der Waals surface area contributed by atoms with Crippen molar-refractivity contribution in [2.45, 2.75) is 13.8 Å². The third-order valence-corrected chi connectivity index (χ3v) is 1.41. The molecule has 0 saturated heterocycles. The second-order valence-corrected chi connectivity index (χ2v) is 1.98. The molecule has 0 bridgehead atoms. The van der Waals surface area contributed by atoms with Gasteiger partial charge in [-0.1, -0.05) is 6.08 Å². The first-order chi connectivity index (χ1) is 4.34. The molecule has 9 heavy (non-hydrogen) atoms. The van der Waals surface area contributed by atoms with Crippen LogP contribution in [-0.4, -0.2) is 0 Å². The molecule has 48 valence electrons. The summed E-state index contributed by atoms with van der Waals surface area (Å²) in [7, 11) is 0. The normalized spacial score (nSPS) is 12.0. The number of allylic oxidation sites excluding steroid dienone is 2. The van der Waals surface area contributed by atoms with Gasteiger partial charge in [0.1, 0.15) is 0 Å². The Hall–Kier alpha value is -0.980. The van der Waals surface area contributed by atoms with Gasteiger partial charge in [0.25, 0.3) is 0 Å². The van der Waals surface area contributed by atoms with Gasteiger partial charge in [-0.15, -0.1) is 0 Å². The van der Waals surface area contributed by atoms with Crippen LogP contribution in [0.1, 0.15) is 19.4 Å². The first kappa shape index (κ1) is 6.14. The smallest absolute Gasteiger partial charge is 0.0977 e. The number of rotatable bonds is 1. The SMILES string of the molecule is CC=C(C)c1ccoc1. The zero-order valence-corrected chi connectivity index (χ0v) is 5.72. The Labute approximate surface area is 55.0 Å². The molecule has 0 aliphatic carbocycles. The minimum Gasteiger partial charge on any atom is -0.472 e. The number of hydrogen-bond donors (Lipinski definition) is 0. The zero-order valence-electron chi connectivity index (χ0n) is 5.72. The molecule has 0 N–H and O–H groups in total. The minimum absolute atomic E-state index is 1.16. The highest BCUT2D eigenvalue weighted by Gasteiger charge is 1.92.